The molecule has 0 N–H and O–H groups in total. The third-order valence-corrected chi connectivity index (χ3v) is 3.25. The number of hydrogen-bond acceptors (Lipinski definition) is 3. The average Bonchev–Trinajstić information content (AvgIpc) is 3.10. The highest BCUT2D eigenvalue weighted by Crippen LogP contribution is 2.25. The molecule has 0 unspecified atom stereocenters. The lowest BCUT2D eigenvalue weighted by Crippen LogP contribution is -2.01. The van der Waals surface area contributed by atoms with Crippen LogP contribution in [0.1, 0.15) is 11.3 Å². The Morgan fingerprint density at radius 3 is 2.75 bits per heavy atom. The fourth-order valence-corrected chi connectivity index (χ4v) is 2.05. The van der Waals surface area contributed by atoms with Gasteiger partial charge in [-0.25, -0.2) is 4.68 Å². The van der Waals surface area contributed by atoms with Gasteiger partial charge >= 0.3 is 0 Å². The van der Waals surface area contributed by atoms with Crippen LogP contribution in [0.5, 0.6) is 5.75 Å². The van der Waals surface area contributed by atoms with Crippen molar-refractivity contribution in [2.75, 3.05) is 0 Å². The predicted octanol–water partition coefficient (Wildman–Crippen LogP) is 3.76. The Kier molecular flexibility index (Phi) is 3.74. The smallest absolute Gasteiger partial charge is 0.176 e. The van der Waals surface area contributed by atoms with Crippen molar-refractivity contribution in [2.45, 2.75) is 13.2 Å². The molecule has 0 saturated heterocycles. The SMILES string of the molecule is Clc1c(OCc2ccccc2)cnn1Cc1ccco1. The quantitative estimate of drug-likeness (QED) is 0.718. The third kappa shape index (κ3) is 2.86. The average molecular weight is 289 g/mol. The molecule has 3 rings (SSSR count). The van der Waals surface area contributed by atoms with E-state index in [9.17, 15) is 0 Å². The van der Waals surface area contributed by atoms with Crippen LogP contribution in [-0.4, -0.2) is 9.78 Å². The van der Waals surface area contributed by atoms with Gasteiger partial charge in [0.05, 0.1) is 12.5 Å². The summed E-state index contributed by atoms with van der Waals surface area (Å²) in [4.78, 5) is 0. The maximum absolute atomic E-state index is 6.24. The van der Waals surface area contributed by atoms with Crippen molar-refractivity contribution < 1.29 is 9.15 Å². The number of ether oxygens (including phenoxy) is 1. The van der Waals surface area contributed by atoms with E-state index in [2.05, 4.69) is 5.10 Å². The summed E-state index contributed by atoms with van der Waals surface area (Å²) in [5, 5.41) is 4.67. The molecule has 0 amide bonds. The van der Waals surface area contributed by atoms with Crippen LogP contribution in [0.3, 0.4) is 0 Å². The highest BCUT2D eigenvalue weighted by Gasteiger charge is 2.11. The standard InChI is InChI=1S/C15H13ClN2O2/c16-15-14(20-11-12-5-2-1-3-6-12)9-17-18(15)10-13-7-4-8-19-13/h1-9H,10-11H2. The predicted molar refractivity (Wildman–Crippen MR) is 75.8 cm³/mol. The molecule has 2 heterocycles. The topological polar surface area (TPSA) is 40.2 Å². The third-order valence-electron chi connectivity index (χ3n) is 2.87. The van der Waals surface area contributed by atoms with Crippen molar-refractivity contribution in [3.8, 4) is 5.75 Å². The van der Waals surface area contributed by atoms with Crippen LogP contribution in [0.25, 0.3) is 0 Å². The van der Waals surface area contributed by atoms with Crippen LogP contribution in [0, 0.1) is 0 Å². The zero-order valence-corrected chi connectivity index (χ0v) is 11.5. The molecule has 4 nitrogen and oxygen atoms in total. The Bertz CT molecular complexity index is 663. The second-order valence-corrected chi connectivity index (χ2v) is 4.67. The van der Waals surface area contributed by atoms with Gasteiger partial charge in [0.2, 0.25) is 0 Å². The van der Waals surface area contributed by atoms with Gasteiger partial charge in [-0.3, -0.25) is 0 Å². The molecule has 0 aliphatic heterocycles. The van der Waals surface area contributed by atoms with E-state index >= 15 is 0 Å². The zero-order chi connectivity index (χ0) is 13.8. The van der Waals surface area contributed by atoms with Crippen LogP contribution < -0.4 is 4.74 Å². The van der Waals surface area contributed by atoms with Crippen LogP contribution in [0.4, 0.5) is 0 Å². The number of halogens is 1. The summed E-state index contributed by atoms with van der Waals surface area (Å²) < 4.78 is 12.6. The van der Waals surface area contributed by atoms with Gasteiger partial charge in [0.1, 0.15) is 18.9 Å². The second-order valence-electron chi connectivity index (χ2n) is 4.31. The molecule has 0 atom stereocenters. The maximum Gasteiger partial charge on any atom is 0.176 e. The van der Waals surface area contributed by atoms with Crippen molar-refractivity contribution in [3.05, 3.63) is 71.4 Å². The lowest BCUT2D eigenvalue weighted by molar-refractivity contribution is 0.306. The summed E-state index contributed by atoms with van der Waals surface area (Å²) in [6.45, 7) is 0.952. The van der Waals surface area contributed by atoms with Crippen molar-refractivity contribution in [1.82, 2.24) is 9.78 Å². The summed E-state index contributed by atoms with van der Waals surface area (Å²) in [6.07, 6.45) is 3.24. The molecule has 102 valence electrons. The van der Waals surface area contributed by atoms with E-state index in [0.29, 0.717) is 24.1 Å². The Morgan fingerprint density at radius 2 is 2.00 bits per heavy atom. The van der Waals surface area contributed by atoms with E-state index < -0.39 is 0 Å². The van der Waals surface area contributed by atoms with Crippen molar-refractivity contribution >= 4 is 11.6 Å². The molecule has 0 aliphatic rings. The summed E-state index contributed by atoms with van der Waals surface area (Å²) in [6, 6.07) is 13.6. The monoisotopic (exact) mass is 288 g/mol. The van der Waals surface area contributed by atoms with Gasteiger partial charge in [0.15, 0.2) is 10.9 Å². The van der Waals surface area contributed by atoms with E-state index in [1.807, 2.05) is 42.5 Å². The minimum Gasteiger partial charge on any atom is -0.484 e. The molecule has 0 fully saturated rings. The Balaban J connectivity index is 1.67. The molecular formula is C15H13ClN2O2. The van der Waals surface area contributed by atoms with Crippen LogP contribution in [0.2, 0.25) is 5.15 Å². The minimum atomic E-state index is 0.465. The highest BCUT2D eigenvalue weighted by molar-refractivity contribution is 6.31. The summed E-state index contributed by atoms with van der Waals surface area (Å²) in [7, 11) is 0. The molecule has 0 spiro atoms. The first kappa shape index (κ1) is 12.8. The van der Waals surface area contributed by atoms with Gasteiger partial charge in [-0.2, -0.15) is 5.10 Å². The summed E-state index contributed by atoms with van der Waals surface area (Å²) in [5.41, 5.74) is 1.09. The lowest BCUT2D eigenvalue weighted by atomic mass is 10.2. The van der Waals surface area contributed by atoms with E-state index in [0.717, 1.165) is 11.3 Å². The molecule has 0 saturated carbocycles. The molecule has 3 aromatic rings. The Morgan fingerprint density at radius 1 is 1.15 bits per heavy atom. The van der Waals surface area contributed by atoms with Crippen molar-refractivity contribution in [3.63, 3.8) is 0 Å². The number of benzene rings is 1. The molecular weight excluding hydrogens is 276 g/mol. The van der Waals surface area contributed by atoms with Gasteiger partial charge in [0, 0.05) is 0 Å². The van der Waals surface area contributed by atoms with Gasteiger partial charge in [-0.1, -0.05) is 41.9 Å². The minimum absolute atomic E-state index is 0.465. The molecule has 0 aliphatic carbocycles. The Labute approximate surface area is 121 Å². The number of nitrogens with zero attached hydrogens (tertiary/aromatic N) is 2. The van der Waals surface area contributed by atoms with Crippen molar-refractivity contribution in [2.24, 2.45) is 0 Å². The first-order valence-corrected chi connectivity index (χ1v) is 6.61. The zero-order valence-electron chi connectivity index (χ0n) is 10.7. The van der Waals surface area contributed by atoms with Gasteiger partial charge < -0.3 is 9.15 Å². The number of aromatic nitrogens is 2. The maximum atomic E-state index is 6.24. The number of rotatable bonds is 5. The van der Waals surface area contributed by atoms with Crippen LogP contribution in [0.15, 0.2) is 59.3 Å². The molecule has 0 bridgehead atoms. The van der Waals surface area contributed by atoms with Gasteiger partial charge in [-0.05, 0) is 17.7 Å². The molecule has 0 radical (unpaired) electrons. The molecule has 20 heavy (non-hydrogen) atoms. The van der Waals surface area contributed by atoms with E-state index in [-0.39, 0.29) is 0 Å². The first-order valence-electron chi connectivity index (χ1n) is 6.23. The molecule has 5 heteroatoms. The largest absolute Gasteiger partial charge is 0.484 e. The number of hydrogen-bond donors (Lipinski definition) is 0. The number of furan rings is 1. The second kappa shape index (κ2) is 5.84. The Hall–Kier alpha value is -2.20. The molecule has 2 aromatic heterocycles. The van der Waals surface area contributed by atoms with Gasteiger partial charge in [-0.15, -0.1) is 0 Å². The van der Waals surface area contributed by atoms with Crippen LogP contribution >= 0.6 is 11.6 Å². The summed E-state index contributed by atoms with van der Waals surface area (Å²) in [5.74, 6) is 1.37. The van der Waals surface area contributed by atoms with Gasteiger partial charge in [0.25, 0.3) is 0 Å². The fourth-order valence-electron chi connectivity index (χ4n) is 1.85. The van der Waals surface area contributed by atoms with E-state index in [1.54, 1.807) is 17.1 Å². The highest BCUT2D eigenvalue weighted by atomic mass is 35.5. The van der Waals surface area contributed by atoms with E-state index in [1.165, 1.54) is 0 Å². The summed E-state index contributed by atoms with van der Waals surface area (Å²) >= 11 is 6.24. The van der Waals surface area contributed by atoms with E-state index in [4.69, 9.17) is 20.8 Å². The van der Waals surface area contributed by atoms with Crippen molar-refractivity contribution in [1.29, 1.82) is 0 Å². The normalized spacial score (nSPS) is 10.7. The lowest BCUT2D eigenvalue weighted by Gasteiger charge is -2.05. The molecule has 1 aromatic carbocycles. The fraction of sp³-hybridized carbons (Fsp3) is 0.133. The first-order chi connectivity index (χ1) is 9.83. The van der Waals surface area contributed by atoms with Crippen LogP contribution in [-0.2, 0) is 13.2 Å².